The molecule has 0 saturated heterocycles. The quantitative estimate of drug-likeness (QED) is 0.718. The maximum atomic E-state index is 12.7. The maximum absolute atomic E-state index is 12.7. The first kappa shape index (κ1) is 22.1. The summed E-state index contributed by atoms with van der Waals surface area (Å²) in [5.74, 6) is 0.631. The molecule has 1 saturated carbocycles. The lowest BCUT2D eigenvalue weighted by Crippen LogP contribution is -2.42. The molecule has 0 bridgehead atoms. The Balaban J connectivity index is 0.000000174. The number of benzene rings is 1. The zero-order valence-electron chi connectivity index (χ0n) is 18.2. The lowest BCUT2D eigenvalue weighted by atomic mass is 9.91. The van der Waals surface area contributed by atoms with Crippen molar-refractivity contribution in [2.75, 3.05) is 7.05 Å². The molecule has 6 nitrogen and oxygen atoms in total. The second-order valence-corrected chi connectivity index (χ2v) is 8.52. The van der Waals surface area contributed by atoms with Crippen molar-refractivity contribution >= 4 is 18.4 Å². The van der Waals surface area contributed by atoms with E-state index < -0.39 is 0 Å². The van der Waals surface area contributed by atoms with E-state index >= 15 is 0 Å². The standard InChI is InChI=1S/C15H21N5.C10H7FO/c1-17-11-5-7-12(8-6-11)18-14-3-2-4-15-19-13(9-16)10-20(14)15;11-10-2-1-8-3-7(6-12)4-9(8)5-10/h2,4,10-12,14,17-18H,3,5-8H2,1H3;1-2,4-6H,3H2. The van der Waals surface area contributed by atoms with Gasteiger partial charge in [0.2, 0.25) is 0 Å². The Labute approximate surface area is 187 Å². The van der Waals surface area contributed by atoms with E-state index in [4.69, 9.17) is 5.26 Å². The van der Waals surface area contributed by atoms with Crippen LogP contribution in [-0.2, 0) is 11.2 Å². The van der Waals surface area contributed by atoms with Gasteiger partial charge in [0.1, 0.15) is 24.0 Å². The van der Waals surface area contributed by atoms with Crippen LogP contribution in [0.1, 0.15) is 60.9 Å². The SMILES string of the molecule is CNC1CCC(NC2CC=Cc3nc(C#N)cn32)CC1.O=CC1=Cc2cc(F)ccc2C1. The minimum Gasteiger partial charge on any atom is -0.317 e. The fourth-order valence-electron chi connectivity index (χ4n) is 4.63. The van der Waals surface area contributed by atoms with Crippen molar-refractivity contribution in [3.8, 4) is 6.07 Å². The summed E-state index contributed by atoms with van der Waals surface area (Å²) in [6, 6.07) is 7.95. The highest BCUT2D eigenvalue weighted by molar-refractivity contribution is 5.86. The first-order chi connectivity index (χ1) is 15.6. The largest absolute Gasteiger partial charge is 0.317 e. The molecule has 1 fully saturated rings. The molecule has 32 heavy (non-hydrogen) atoms. The number of halogens is 1. The first-order valence-corrected chi connectivity index (χ1v) is 11.1. The van der Waals surface area contributed by atoms with E-state index in [0.29, 0.717) is 24.2 Å². The Morgan fingerprint density at radius 2 is 2.03 bits per heavy atom. The number of rotatable bonds is 4. The lowest BCUT2D eigenvalue weighted by Gasteiger charge is -2.33. The molecule has 1 aromatic carbocycles. The third-order valence-electron chi connectivity index (χ3n) is 6.40. The Morgan fingerprint density at radius 3 is 2.75 bits per heavy atom. The smallest absolute Gasteiger partial charge is 0.159 e. The van der Waals surface area contributed by atoms with Gasteiger partial charge < -0.3 is 9.88 Å². The third-order valence-corrected chi connectivity index (χ3v) is 6.40. The number of carbonyl (C=O) groups is 1. The lowest BCUT2D eigenvalue weighted by molar-refractivity contribution is -0.104. The molecular formula is C25H28FN5O. The second-order valence-electron chi connectivity index (χ2n) is 8.52. The van der Waals surface area contributed by atoms with Gasteiger partial charge in [-0.1, -0.05) is 12.1 Å². The van der Waals surface area contributed by atoms with Crippen molar-refractivity contribution in [1.82, 2.24) is 20.2 Å². The van der Waals surface area contributed by atoms with E-state index in [1.54, 1.807) is 12.1 Å². The molecule has 1 aliphatic heterocycles. The summed E-state index contributed by atoms with van der Waals surface area (Å²) in [6.07, 6.45) is 15.3. The topological polar surface area (TPSA) is 82.7 Å². The number of imidazole rings is 1. The minimum absolute atomic E-state index is 0.237. The molecular weight excluding hydrogens is 405 g/mol. The van der Waals surface area contributed by atoms with Gasteiger partial charge in [-0.3, -0.25) is 10.1 Å². The number of fused-ring (bicyclic) bond motifs is 2. The molecule has 0 amide bonds. The fraction of sp³-hybridized carbons (Fsp3) is 0.400. The van der Waals surface area contributed by atoms with Gasteiger partial charge in [-0.15, -0.1) is 0 Å². The summed E-state index contributed by atoms with van der Waals surface area (Å²) < 4.78 is 14.8. The van der Waals surface area contributed by atoms with Crippen LogP contribution < -0.4 is 10.6 Å². The molecule has 1 unspecified atom stereocenters. The van der Waals surface area contributed by atoms with Gasteiger partial charge in [-0.25, -0.2) is 9.37 Å². The average Bonchev–Trinajstić information content (AvgIpc) is 3.44. The van der Waals surface area contributed by atoms with Gasteiger partial charge in [0, 0.05) is 24.7 Å². The van der Waals surface area contributed by atoms with E-state index in [9.17, 15) is 9.18 Å². The van der Waals surface area contributed by atoms with Crippen LogP contribution in [0.15, 0.2) is 36.0 Å². The number of hydrogen-bond acceptors (Lipinski definition) is 5. The third kappa shape index (κ3) is 5.04. The van der Waals surface area contributed by atoms with E-state index in [1.165, 1.54) is 37.8 Å². The van der Waals surface area contributed by atoms with Crippen LogP contribution in [0.3, 0.4) is 0 Å². The molecule has 2 heterocycles. The van der Waals surface area contributed by atoms with Crippen LogP contribution in [0, 0.1) is 17.1 Å². The molecule has 3 aliphatic rings. The van der Waals surface area contributed by atoms with Crippen LogP contribution in [0.25, 0.3) is 12.2 Å². The van der Waals surface area contributed by atoms with Crippen molar-refractivity contribution in [3.05, 3.63) is 64.5 Å². The monoisotopic (exact) mass is 433 g/mol. The van der Waals surface area contributed by atoms with Crippen molar-refractivity contribution < 1.29 is 9.18 Å². The Hall–Kier alpha value is -3.08. The molecule has 0 spiro atoms. The molecule has 1 aromatic heterocycles. The summed E-state index contributed by atoms with van der Waals surface area (Å²) in [6.45, 7) is 0. The number of hydrogen-bond donors (Lipinski definition) is 2. The van der Waals surface area contributed by atoms with Crippen LogP contribution in [-0.4, -0.2) is 35.0 Å². The highest BCUT2D eigenvalue weighted by atomic mass is 19.1. The molecule has 0 radical (unpaired) electrons. The van der Waals surface area contributed by atoms with Crippen LogP contribution in [0.4, 0.5) is 4.39 Å². The van der Waals surface area contributed by atoms with E-state index in [1.807, 2.05) is 19.3 Å². The van der Waals surface area contributed by atoms with Gasteiger partial charge >= 0.3 is 0 Å². The number of carbonyl (C=O) groups excluding carboxylic acids is 1. The average molecular weight is 434 g/mol. The molecule has 166 valence electrons. The summed E-state index contributed by atoms with van der Waals surface area (Å²) in [5.41, 5.74) is 3.07. The highest BCUT2D eigenvalue weighted by Crippen LogP contribution is 2.26. The zero-order chi connectivity index (χ0) is 22.5. The van der Waals surface area contributed by atoms with Crippen molar-refractivity contribution in [2.24, 2.45) is 0 Å². The molecule has 7 heteroatoms. The predicted octanol–water partition coefficient (Wildman–Crippen LogP) is 3.75. The van der Waals surface area contributed by atoms with E-state index in [0.717, 1.165) is 35.2 Å². The molecule has 2 aromatic rings. The van der Waals surface area contributed by atoms with Crippen LogP contribution in [0.2, 0.25) is 0 Å². The van der Waals surface area contributed by atoms with Gasteiger partial charge in [0.15, 0.2) is 5.69 Å². The Morgan fingerprint density at radius 1 is 1.25 bits per heavy atom. The van der Waals surface area contributed by atoms with Gasteiger partial charge in [0.25, 0.3) is 0 Å². The van der Waals surface area contributed by atoms with Crippen LogP contribution >= 0.6 is 0 Å². The fourth-order valence-corrected chi connectivity index (χ4v) is 4.63. The molecule has 1 atom stereocenters. The van der Waals surface area contributed by atoms with E-state index in [-0.39, 0.29) is 12.0 Å². The van der Waals surface area contributed by atoms with Crippen molar-refractivity contribution in [1.29, 1.82) is 5.26 Å². The van der Waals surface area contributed by atoms with Gasteiger partial charge in [-0.05, 0) is 80.1 Å². The number of allylic oxidation sites excluding steroid dienone is 1. The van der Waals surface area contributed by atoms with Gasteiger partial charge in [-0.2, -0.15) is 5.26 Å². The molecule has 2 aliphatic carbocycles. The van der Waals surface area contributed by atoms with E-state index in [2.05, 4.69) is 32.3 Å². The Kier molecular flexibility index (Phi) is 6.93. The van der Waals surface area contributed by atoms with Crippen LogP contribution in [0.5, 0.6) is 0 Å². The minimum atomic E-state index is -0.253. The number of nitrogens with zero attached hydrogens (tertiary/aromatic N) is 3. The summed E-state index contributed by atoms with van der Waals surface area (Å²) in [7, 11) is 2.05. The normalized spacial score (nSPS) is 23.3. The van der Waals surface area contributed by atoms with Gasteiger partial charge in [0.05, 0.1) is 6.17 Å². The summed E-state index contributed by atoms with van der Waals surface area (Å²) >= 11 is 0. The summed E-state index contributed by atoms with van der Waals surface area (Å²) in [4.78, 5) is 14.7. The van der Waals surface area contributed by atoms with Crippen molar-refractivity contribution in [2.45, 2.75) is 56.8 Å². The zero-order valence-corrected chi connectivity index (χ0v) is 18.2. The highest BCUT2D eigenvalue weighted by Gasteiger charge is 2.25. The Bertz CT molecular complexity index is 1070. The molecule has 2 N–H and O–H groups in total. The number of nitrogens with one attached hydrogen (secondary N) is 2. The summed E-state index contributed by atoms with van der Waals surface area (Å²) in [5, 5.41) is 16.1. The van der Waals surface area contributed by atoms with Crippen molar-refractivity contribution in [3.63, 3.8) is 0 Å². The maximum Gasteiger partial charge on any atom is 0.159 e. The first-order valence-electron chi connectivity index (χ1n) is 11.1. The number of nitriles is 1. The number of aldehydes is 1. The second kappa shape index (κ2) is 10.0. The number of aromatic nitrogens is 2. The molecule has 5 rings (SSSR count). The predicted molar refractivity (Wildman–Crippen MR) is 122 cm³/mol.